The first kappa shape index (κ1) is 12.3. The number of benzene rings is 1. The molecular formula is C11H10F2O3. The standard InChI is InChI=1S/C11H10F2O3/c1-7(14)11(12,13)9-5-3-8(4-6-9)10(15)16-2/h3-6H,1-2H3. The van der Waals surface area contributed by atoms with E-state index >= 15 is 0 Å². The smallest absolute Gasteiger partial charge is 0.337 e. The minimum Gasteiger partial charge on any atom is -0.465 e. The van der Waals surface area contributed by atoms with Crippen LogP contribution < -0.4 is 0 Å². The molecule has 0 saturated carbocycles. The number of rotatable bonds is 3. The van der Waals surface area contributed by atoms with Gasteiger partial charge in [-0.2, -0.15) is 8.78 Å². The van der Waals surface area contributed by atoms with Gasteiger partial charge < -0.3 is 4.74 Å². The maximum absolute atomic E-state index is 13.2. The fraction of sp³-hybridized carbons (Fsp3) is 0.273. The Balaban J connectivity index is 3.04. The lowest BCUT2D eigenvalue weighted by Gasteiger charge is -2.12. The van der Waals surface area contributed by atoms with E-state index in [1.807, 2.05) is 0 Å². The van der Waals surface area contributed by atoms with Gasteiger partial charge in [-0.3, -0.25) is 4.79 Å². The first-order valence-corrected chi connectivity index (χ1v) is 4.47. The van der Waals surface area contributed by atoms with Crippen LogP contribution in [0.4, 0.5) is 8.78 Å². The Morgan fingerprint density at radius 1 is 1.19 bits per heavy atom. The monoisotopic (exact) mass is 228 g/mol. The molecule has 0 aromatic heterocycles. The van der Waals surface area contributed by atoms with Crippen molar-refractivity contribution in [2.75, 3.05) is 7.11 Å². The molecule has 0 atom stereocenters. The third kappa shape index (κ3) is 2.24. The zero-order valence-corrected chi connectivity index (χ0v) is 8.79. The summed E-state index contributed by atoms with van der Waals surface area (Å²) in [5.41, 5.74) is -0.279. The normalized spacial score (nSPS) is 11.0. The predicted molar refractivity (Wildman–Crippen MR) is 52.4 cm³/mol. The number of Topliss-reactive ketones (excluding diaryl/α,β-unsaturated/α-hetero) is 1. The maximum atomic E-state index is 13.2. The molecule has 1 aromatic carbocycles. The van der Waals surface area contributed by atoms with E-state index in [0.717, 1.165) is 19.1 Å². The van der Waals surface area contributed by atoms with E-state index in [2.05, 4.69) is 4.74 Å². The lowest BCUT2D eigenvalue weighted by Crippen LogP contribution is -2.23. The second-order valence-corrected chi connectivity index (χ2v) is 3.20. The zero-order valence-electron chi connectivity index (χ0n) is 8.79. The van der Waals surface area contributed by atoms with E-state index in [9.17, 15) is 18.4 Å². The number of alkyl halides is 2. The van der Waals surface area contributed by atoms with Gasteiger partial charge in [-0.1, -0.05) is 12.1 Å². The summed E-state index contributed by atoms with van der Waals surface area (Å²) in [5, 5.41) is 0. The van der Waals surface area contributed by atoms with Crippen molar-refractivity contribution in [2.24, 2.45) is 0 Å². The number of carbonyl (C=O) groups excluding carboxylic acids is 2. The maximum Gasteiger partial charge on any atom is 0.337 e. The molecule has 1 rings (SSSR count). The van der Waals surface area contributed by atoms with Crippen LogP contribution in [0.2, 0.25) is 0 Å². The fourth-order valence-corrected chi connectivity index (χ4v) is 1.14. The highest BCUT2D eigenvalue weighted by Crippen LogP contribution is 2.28. The average Bonchev–Trinajstić information content (AvgIpc) is 2.28. The second kappa shape index (κ2) is 4.38. The molecule has 0 spiro atoms. The summed E-state index contributed by atoms with van der Waals surface area (Å²) in [7, 11) is 1.19. The molecule has 0 aliphatic carbocycles. The van der Waals surface area contributed by atoms with Crippen molar-refractivity contribution < 1.29 is 23.1 Å². The van der Waals surface area contributed by atoms with E-state index < -0.39 is 23.2 Å². The number of esters is 1. The molecule has 1 aromatic rings. The molecule has 16 heavy (non-hydrogen) atoms. The van der Waals surface area contributed by atoms with E-state index in [1.54, 1.807) is 0 Å². The molecular weight excluding hydrogens is 218 g/mol. The Bertz CT molecular complexity index is 410. The van der Waals surface area contributed by atoms with Gasteiger partial charge in [0.25, 0.3) is 0 Å². The van der Waals surface area contributed by atoms with Gasteiger partial charge in [0.15, 0.2) is 0 Å². The number of carbonyl (C=O) groups is 2. The summed E-state index contributed by atoms with van der Waals surface area (Å²) in [6.45, 7) is 0.814. The average molecular weight is 228 g/mol. The van der Waals surface area contributed by atoms with E-state index in [1.165, 1.54) is 19.2 Å². The van der Waals surface area contributed by atoms with Gasteiger partial charge in [0, 0.05) is 12.5 Å². The van der Waals surface area contributed by atoms with Gasteiger partial charge in [0.2, 0.25) is 5.78 Å². The largest absolute Gasteiger partial charge is 0.465 e. The lowest BCUT2D eigenvalue weighted by molar-refractivity contribution is -0.141. The third-order valence-electron chi connectivity index (χ3n) is 2.11. The van der Waals surface area contributed by atoms with Gasteiger partial charge in [-0.05, 0) is 12.1 Å². The molecule has 0 aliphatic heterocycles. The second-order valence-electron chi connectivity index (χ2n) is 3.20. The minimum atomic E-state index is -3.52. The van der Waals surface area contributed by atoms with Crippen LogP contribution in [0.5, 0.6) is 0 Å². The first-order chi connectivity index (χ1) is 7.39. The van der Waals surface area contributed by atoms with Crippen molar-refractivity contribution in [2.45, 2.75) is 12.8 Å². The topological polar surface area (TPSA) is 43.4 Å². The van der Waals surface area contributed by atoms with Crippen LogP contribution >= 0.6 is 0 Å². The number of methoxy groups -OCH3 is 1. The van der Waals surface area contributed by atoms with E-state index in [-0.39, 0.29) is 5.56 Å². The number of halogens is 2. The summed E-state index contributed by atoms with van der Waals surface area (Å²) in [6, 6.07) is 4.46. The Morgan fingerprint density at radius 2 is 1.69 bits per heavy atom. The molecule has 3 nitrogen and oxygen atoms in total. The van der Waals surface area contributed by atoms with Crippen LogP contribution in [0.1, 0.15) is 22.8 Å². The summed E-state index contributed by atoms with van der Waals surface area (Å²) in [5.74, 6) is -5.37. The van der Waals surface area contributed by atoms with Crippen LogP contribution in [0.15, 0.2) is 24.3 Å². The van der Waals surface area contributed by atoms with E-state index in [4.69, 9.17) is 0 Å². The van der Waals surface area contributed by atoms with Crippen molar-refractivity contribution in [3.05, 3.63) is 35.4 Å². The van der Waals surface area contributed by atoms with Crippen LogP contribution in [-0.2, 0) is 15.5 Å². The molecule has 0 saturated heterocycles. The highest BCUT2D eigenvalue weighted by molar-refractivity contribution is 5.90. The highest BCUT2D eigenvalue weighted by Gasteiger charge is 2.37. The van der Waals surface area contributed by atoms with Gasteiger partial charge in [-0.25, -0.2) is 4.79 Å². The SMILES string of the molecule is COC(=O)c1ccc(C(F)(F)C(C)=O)cc1. The van der Waals surface area contributed by atoms with E-state index in [0.29, 0.717) is 0 Å². The first-order valence-electron chi connectivity index (χ1n) is 4.47. The van der Waals surface area contributed by atoms with Gasteiger partial charge in [0.1, 0.15) is 0 Å². The van der Waals surface area contributed by atoms with Gasteiger partial charge in [0.05, 0.1) is 12.7 Å². The van der Waals surface area contributed by atoms with Crippen molar-refractivity contribution in [1.29, 1.82) is 0 Å². The number of ether oxygens (including phenoxy) is 1. The number of hydrogen-bond acceptors (Lipinski definition) is 3. The quantitative estimate of drug-likeness (QED) is 0.744. The van der Waals surface area contributed by atoms with Crippen molar-refractivity contribution in [1.82, 2.24) is 0 Å². The molecule has 0 radical (unpaired) electrons. The summed E-state index contributed by atoms with van der Waals surface area (Å²) < 4.78 is 30.9. The van der Waals surface area contributed by atoms with Crippen LogP contribution in [0.3, 0.4) is 0 Å². The molecule has 0 bridgehead atoms. The van der Waals surface area contributed by atoms with Crippen molar-refractivity contribution in [3.8, 4) is 0 Å². The molecule has 86 valence electrons. The van der Waals surface area contributed by atoms with Crippen LogP contribution in [-0.4, -0.2) is 18.9 Å². The van der Waals surface area contributed by atoms with Gasteiger partial charge in [-0.15, -0.1) is 0 Å². The summed E-state index contributed by atoms with van der Waals surface area (Å²) in [4.78, 5) is 21.7. The molecule has 0 fully saturated rings. The molecule has 0 heterocycles. The summed E-state index contributed by atoms with van der Waals surface area (Å²) in [6.07, 6.45) is 0. The molecule has 5 heteroatoms. The fourth-order valence-electron chi connectivity index (χ4n) is 1.14. The number of hydrogen-bond donors (Lipinski definition) is 0. The van der Waals surface area contributed by atoms with Crippen LogP contribution in [0, 0.1) is 0 Å². The minimum absolute atomic E-state index is 0.158. The molecule has 0 N–H and O–H groups in total. The Labute approximate surface area is 91.0 Å². The lowest BCUT2D eigenvalue weighted by atomic mass is 10.0. The molecule has 0 unspecified atom stereocenters. The zero-order chi connectivity index (χ0) is 12.3. The van der Waals surface area contributed by atoms with Crippen LogP contribution in [0.25, 0.3) is 0 Å². The summed E-state index contributed by atoms with van der Waals surface area (Å²) >= 11 is 0. The number of ketones is 1. The highest BCUT2D eigenvalue weighted by atomic mass is 19.3. The molecule has 0 aliphatic rings. The molecule has 0 amide bonds. The predicted octanol–water partition coefficient (Wildman–Crippen LogP) is 2.15. The Morgan fingerprint density at radius 3 is 2.06 bits per heavy atom. The Kier molecular flexibility index (Phi) is 3.37. The third-order valence-corrected chi connectivity index (χ3v) is 2.11. The van der Waals surface area contributed by atoms with Gasteiger partial charge >= 0.3 is 11.9 Å². The van der Waals surface area contributed by atoms with Crippen molar-refractivity contribution >= 4 is 11.8 Å². The van der Waals surface area contributed by atoms with Crippen molar-refractivity contribution in [3.63, 3.8) is 0 Å². The Hall–Kier alpha value is -1.78.